The molecule has 2 rings (SSSR count). The molecular weight excluding hydrogens is 244 g/mol. The van der Waals surface area contributed by atoms with Gasteiger partial charge in [0.25, 0.3) is 0 Å². The Hall–Kier alpha value is -1.62. The summed E-state index contributed by atoms with van der Waals surface area (Å²) in [7, 11) is 0. The second kappa shape index (κ2) is 6.02. The van der Waals surface area contributed by atoms with Crippen molar-refractivity contribution in [1.82, 2.24) is 9.88 Å². The molecule has 1 aromatic heterocycles. The van der Waals surface area contributed by atoms with Crippen LogP contribution < -0.4 is 4.74 Å². The molecule has 1 aromatic rings. The van der Waals surface area contributed by atoms with Crippen molar-refractivity contribution in [2.75, 3.05) is 26.2 Å². The van der Waals surface area contributed by atoms with Crippen molar-refractivity contribution in [1.29, 1.82) is 0 Å². The van der Waals surface area contributed by atoms with Gasteiger partial charge in [-0.2, -0.15) is 0 Å². The molecule has 2 heterocycles. The molecule has 0 saturated carbocycles. The Bertz CT molecular complexity index is 468. The lowest BCUT2D eigenvalue weighted by atomic mass is 10.1. The molecule has 19 heavy (non-hydrogen) atoms. The van der Waals surface area contributed by atoms with Crippen molar-refractivity contribution in [3.05, 3.63) is 23.0 Å². The van der Waals surface area contributed by atoms with Crippen LogP contribution in [0.2, 0.25) is 0 Å². The lowest BCUT2D eigenvalue weighted by molar-refractivity contribution is 0.0690. The number of likely N-dealkylation sites (tertiary alicyclic amines) is 1. The zero-order chi connectivity index (χ0) is 13.8. The number of rotatable bonds is 5. The predicted octanol–water partition coefficient (Wildman–Crippen LogP) is 1.87. The average Bonchev–Trinajstić information content (AvgIpc) is 2.80. The second-order valence-corrected chi connectivity index (χ2v) is 4.92. The number of carbonyl (C=O) groups is 1. The fourth-order valence-corrected chi connectivity index (χ4v) is 2.46. The monoisotopic (exact) mass is 264 g/mol. The fraction of sp³-hybridized carbons (Fsp3) is 0.571. The Balaban J connectivity index is 2.03. The van der Waals surface area contributed by atoms with Gasteiger partial charge in [0.2, 0.25) is 0 Å². The first-order valence-corrected chi connectivity index (χ1v) is 6.64. The van der Waals surface area contributed by atoms with E-state index in [1.54, 1.807) is 13.0 Å². The smallest absolute Gasteiger partial charge is 0.341 e. The number of pyridine rings is 1. The highest BCUT2D eigenvalue weighted by Crippen LogP contribution is 2.22. The molecule has 1 saturated heterocycles. The molecule has 1 fully saturated rings. The van der Waals surface area contributed by atoms with E-state index in [1.165, 1.54) is 12.8 Å². The number of nitrogens with zero attached hydrogens (tertiary/aromatic N) is 2. The van der Waals surface area contributed by atoms with Gasteiger partial charge >= 0.3 is 5.97 Å². The third-order valence-corrected chi connectivity index (χ3v) is 3.37. The van der Waals surface area contributed by atoms with E-state index in [-0.39, 0.29) is 5.56 Å². The van der Waals surface area contributed by atoms with E-state index in [0.717, 1.165) is 25.3 Å². The minimum atomic E-state index is -0.985. The highest BCUT2D eigenvalue weighted by molar-refractivity contribution is 5.92. The van der Waals surface area contributed by atoms with Gasteiger partial charge in [-0.3, -0.25) is 9.88 Å². The minimum absolute atomic E-state index is 0.173. The first-order valence-electron chi connectivity index (χ1n) is 6.64. The summed E-state index contributed by atoms with van der Waals surface area (Å²) in [5, 5.41) is 9.22. The standard InChI is InChI=1S/C14H20N2O3/c1-10-9-12(13(14(17)18)11(2)15-10)19-8-7-16-5-3-4-6-16/h9H,3-8H2,1-2H3,(H,17,18). The van der Waals surface area contributed by atoms with Gasteiger partial charge in [-0.25, -0.2) is 4.79 Å². The largest absolute Gasteiger partial charge is 0.491 e. The van der Waals surface area contributed by atoms with E-state index in [1.807, 2.05) is 6.92 Å². The number of aryl methyl sites for hydroxylation is 2. The third-order valence-electron chi connectivity index (χ3n) is 3.37. The molecule has 0 bridgehead atoms. The van der Waals surface area contributed by atoms with Gasteiger partial charge in [-0.05, 0) is 39.8 Å². The maximum atomic E-state index is 11.2. The van der Waals surface area contributed by atoms with Crippen LogP contribution in [0.1, 0.15) is 34.6 Å². The lowest BCUT2D eigenvalue weighted by Gasteiger charge is -2.16. The summed E-state index contributed by atoms with van der Waals surface area (Å²) in [5.74, 6) is -0.558. The van der Waals surface area contributed by atoms with Crippen molar-refractivity contribution in [2.45, 2.75) is 26.7 Å². The number of aromatic carboxylic acids is 1. The molecule has 0 amide bonds. The summed E-state index contributed by atoms with van der Waals surface area (Å²) in [6.45, 7) is 7.13. The molecule has 5 heteroatoms. The first kappa shape index (κ1) is 13.8. The van der Waals surface area contributed by atoms with Crippen molar-refractivity contribution >= 4 is 5.97 Å². The number of aromatic nitrogens is 1. The lowest BCUT2D eigenvalue weighted by Crippen LogP contribution is -2.25. The number of carboxylic acids is 1. The molecule has 0 unspecified atom stereocenters. The predicted molar refractivity (Wildman–Crippen MR) is 71.8 cm³/mol. The van der Waals surface area contributed by atoms with Crippen molar-refractivity contribution in [3.63, 3.8) is 0 Å². The average molecular weight is 264 g/mol. The van der Waals surface area contributed by atoms with E-state index in [2.05, 4.69) is 9.88 Å². The molecule has 1 aliphatic rings. The van der Waals surface area contributed by atoms with Crippen LogP contribution in [-0.2, 0) is 0 Å². The zero-order valence-corrected chi connectivity index (χ0v) is 11.5. The molecule has 1 N–H and O–H groups in total. The molecule has 104 valence electrons. The molecule has 0 aromatic carbocycles. The SMILES string of the molecule is Cc1cc(OCCN2CCCC2)c(C(=O)O)c(C)n1. The number of hydrogen-bond acceptors (Lipinski definition) is 4. The van der Waals surface area contributed by atoms with Crippen LogP contribution in [0.25, 0.3) is 0 Å². The first-order chi connectivity index (χ1) is 9.08. The van der Waals surface area contributed by atoms with E-state index < -0.39 is 5.97 Å². The summed E-state index contributed by atoms with van der Waals surface area (Å²) in [6.07, 6.45) is 2.49. The van der Waals surface area contributed by atoms with Crippen molar-refractivity contribution < 1.29 is 14.6 Å². The quantitative estimate of drug-likeness (QED) is 0.879. The molecule has 5 nitrogen and oxygen atoms in total. The second-order valence-electron chi connectivity index (χ2n) is 4.92. The van der Waals surface area contributed by atoms with Gasteiger partial charge in [0.1, 0.15) is 17.9 Å². The van der Waals surface area contributed by atoms with E-state index in [0.29, 0.717) is 18.1 Å². The Morgan fingerprint density at radius 2 is 2.11 bits per heavy atom. The molecule has 0 atom stereocenters. The van der Waals surface area contributed by atoms with Gasteiger partial charge in [0, 0.05) is 18.3 Å². The van der Waals surface area contributed by atoms with Crippen LogP contribution in [0, 0.1) is 13.8 Å². The maximum Gasteiger partial charge on any atom is 0.341 e. The van der Waals surface area contributed by atoms with Gasteiger partial charge < -0.3 is 9.84 Å². The molecular formula is C14H20N2O3. The zero-order valence-electron chi connectivity index (χ0n) is 11.5. The highest BCUT2D eigenvalue weighted by Gasteiger charge is 2.17. The summed E-state index contributed by atoms with van der Waals surface area (Å²) in [5.41, 5.74) is 1.45. The molecule has 1 aliphatic heterocycles. The van der Waals surface area contributed by atoms with Crippen LogP contribution in [0.3, 0.4) is 0 Å². The van der Waals surface area contributed by atoms with Crippen LogP contribution in [0.15, 0.2) is 6.07 Å². The van der Waals surface area contributed by atoms with Gasteiger partial charge in [-0.15, -0.1) is 0 Å². The molecule has 0 radical (unpaired) electrons. The summed E-state index contributed by atoms with van der Waals surface area (Å²) in [6, 6.07) is 1.69. The molecule has 0 aliphatic carbocycles. The Morgan fingerprint density at radius 1 is 1.42 bits per heavy atom. The Labute approximate surface area is 113 Å². The topological polar surface area (TPSA) is 62.7 Å². The molecule has 0 spiro atoms. The number of carboxylic acid groups (broad SMARTS) is 1. The third kappa shape index (κ3) is 3.44. The van der Waals surface area contributed by atoms with Gasteiger partial charge in [0.05, 0.1) is 5.69 Å². The van der Waals surface area contributed by atoms with Gasteiger partial charge in [0.15, 0.2) is 0 Å². The summed E-state index contributed by atoms with van der Waals surface area (Å²) in [4.78, 5) is 17.7. The summed E-state index contributed by atoms with van der Waals surface area (Å²) < 4.78 is 5.66. The summed E-state index contributed by atoms with van der Waals surface area (Å²) >= 11 is 0. The maximum absolute atomic E-state index is 11.2. The van der Waals surface area contributed by atoms with Crippen molar-refractivity contribution in [2.24, 2.45) is 0 Å². The van der Waals surface area contributed by atoms with Gasteiger partial charge in [-0.1, -0.05) is 0 Å². The van der Waals surface area contributed by atoms with Crippen LogP contribution in [0.4, 0.5) is 0 Å². The van der Waals surface area contributed by atoms with E-state index in [9.17, 15) is 9.90 Å². The Kier molecular flexibility index (Phi) is 4.37. The van der Waals surface area contributed by atoms with Crippen LogP contribution in [0.5, 0.6) is 5.75 Å². The number of hydrogen-bond donors (Lipinski definition) is 1. The minimum Gasteiger partial charge on any atom is -0.491 e. The van der Waals surface area contributed by atoms with E-state index in [4.69, 9.17) is 4.74 Å². The number of ether oxygens (including phenoxy) is 1. The van der Waals surface area contributed by atoms with Crippen LogP contribution >= 0.6 is 0 Å². The van der Waals surface area contributed by atoms with Crippen LogP contribution in [-0.4, -0.2) is 47.2 Å². The normalized spacial score (nSPS) is 15.7. The highest BCUT2D eigenvalue weighted by atomic mass is 16.5. The van der Waals surface area contributed by atoms with E-state index >= 15 is 0 Å². The fourth-order valence-electron chi connectivity index (χ4n) is 2.46. The van der Waals surface area contributed by atoms with Crippen molar-refractivity contribution in [3.8, 4) is 5.75 Å². The Morgan fingerprint density at radius 3 is 2.74 bits per heavy atom.